The Morgan fingerprint density at radius 2 is 1.96 bits per heavy atom. The second-order valence-corrected chi connectivity index (χ2v) is 6.25. The lowest BCUT2D eigenvalue weighted by Gasteiger charge is -2.09. The molecule has 0 spiro atoms. The highest BCUT2D eigenvalue weighted by Crippen LogP contribution is 2.35. The number of esters is 1. The Morgan fingerprint density at radius 3 is 2.70 bits per heavy atom. The lowest BCUT2D eigenvalue weighted by atomic mass is 10.0. The zero-order valence-electron chi connectivity index (χ0n) is 14.2. The summed E-state index contributed by atoms with van der Waals surface area (Å²) in [6.45, 7) is 0. The van der Waals surface area contributed by atoms with Gasteiger partial charge in [0.15, 0.2) is 5.56 Å². The van der Waals surface area contributed by atoms with Crippen LogP contribution in [0.5, 0.6) is 5.75 Å². The van der Waals surface area contributed by atoms with E-state index in [4.69, 9.17) is 20.7 Å². The van der Waals surface area contributed by atoms with E-state index in [9.17, 15) is 9.59 Å². The lowest BCUT2D eigenvalue weighted by molar-refractivity contribution is -0.119. The summed E-state index contributed by atoms with van der Waals surface area (Å²) in [6, 6.07) is 8.52. The minimum Gasteiger partial charge on any atom is -0.423 e. The first-order valence-corrected chi connectivity index (χ1v) is 8.34. The molecule has 0 aliphatic heterocycles. The maximum absolute atomic E-state index is 12.7. The number of carbonyl (C=O) groups excluding carboxylic acids is 2. The van der Waals surface area contributed by atoms with Crippen LogP contribution in [0.15, 0.2) is 47.2 Å². The van der Waals surface area contributed by atoms with Gasteiger partial charge in [-0.2, -0.15) is 0 Å². The molecule has 2 aromatic heterocycles. The molecule has 1 aliphatic rings. The number of primary amides is 1. The molecule has 8 nitrogen and oxygen atoms in total. The van der Waals surface area contributed by atoms with Crippen LogP contribution in [-0.4, -0.2) is 22.0 Å². The van der Waals surface area contributed by atoms with Gasteiger partial charge in [0.2, 0.25) is 11.8 Å². The van der Waals surface area contributed by atoms with Crippen LogP contribution in [0.25, 0.3) is 11.3 Å². The van der Waals surface area contributed by atoms with Gasteiger partial charge < -0.3 is 20.7 Å². The average molecular weight is 364 g/mol. The normalized spacial score (nSPS) is 15.3. The molecule has 27 heavy (non-hydrogen) atoms. The van der Waals surface area contributed by atoms with Gasteiger partial charge in [-0.1, -0.05) is 11.2 Å². The van der Waals surface area contributed by atoms with E-state index >= 15 is 0 Å². The molecule has 0 saturated heterocycles. The summed E-state index contributed by atoms with van der Waals surface area (Å²) in [5, 5.41) is 3.86. The summed E-state index contributed by atoms with van der Waals surface area (Å²) >= 11 is 0. The van der Waals surface area contributed by atoms with E-state index in [2.05, 4.69) is 10.1 Å². The Bertz CT molecular complexity index is 1030. The molecule has 1 amide bonds. The Morgan fingerprint density at radius 1 is 1.19 bits per heavy atom. The first-order chi connectivity index (χ1) is 13.0. The standard InChI is InChI=1S/C19H16N4O4/c20-17(24)14-3-1-11-9-12(2-4-13(11)14)26-19(25)15-16(23-27-18(15)21)10-5-7-22-8-6-10/h2,4-9,14H,1,3,21H2,(H2,20,24). The molecular weight excluding hydrogens is 348 g/mol. The van der Waals surface area contributed by atoms with E-state index in [1.165, 1.54) is 0 Å². The van der Waals surface area contributed by atoms with Crippen LogP contribution in [0.2, 0.25) is 0 Å². The second-order valence-electron chi connectivity index (χ2n) is 6.25. The minimum atomic E-state index is -0.676. The van der Waals surface area contributed by atoms with Crippen molar-refractivity contribution in [2.45, 2.75) is 18.8 Å². The van der Waals surface area contributed by atoms with Crippen LogP contribution >= 0.6 is 0 Å². The van der Waals surface area contributed by atoms with Crippen molar-refractivity contribution in [3.05, 3.63) is 59.4 Å². The van der Waals surface area contributed by atoms with E-state index in [-0.39, 0.29) is 29.0 Å². The number of nitrogen functional groups attached to an aromatic ring is 1. The molecule has 0 bridgehead atoms. The third kappa shape index (κ3) is 3.01. The van der Waals surface area contributed by atoms with Crippen molar-refractivity contribution < 1.29 is 18.8 Å². The summed E-state index contributed by atoms with van der Waals surface area (Å²) in [6.07, 6.45) is 4.51. The number of nitrogens with two attached hydrogens (primary N) is 2. The van der Waals surface area contributed by atoms with Crippen molar-refractivity contribution in [1.82, 2.24) is 10.1 Å². The molecule has 0 saturated carbocycles. The predicted molar refractivity (Wildman–Crippen MR) is 95.8 cm³/mol. The van der Waals surface area contributed by atoms with Crippen molar-refractivity contribution in [3.8, 4) is 17.0 Å². The topological polar surface area (TPSA) is 134 Å². The molecule has 8 heteroatoms. The molecule has 1 atom stereocenters. The van der Waals surface area contributed by atoms with Gasteiger partial charge in [-0.05, 0) is 48.2 Å². The molecule has 4 N–H and O–H groups in total. The molecule has 1 aromatic carbocycles. The van der Waals surface area contributed by atoms with Crippen molar-refractivity contribution in [1.29, 1.82) is 0 Å². The van der Waals surface area contributed by atoms with Crippen LogP contribution in [0.1, 0.15) is 33.8 Å². The fraction of sp³-hybridized carbons (Fsp3) is 0.158. The van der Waals surface area contributed by atoms with Gasteiger partial charge in [-0.25, -0.2) is 4.79 Å². The molecule has 4 rings (SSSR count). The summed E-state index contributed by atoms with van der Waals surface area (Å²) in [7, 11) is 0. The lowest BCUT2D eigenvalue weighted by Crippen LogP contribution is -2.19. The van der Waals surface area contributed by atoms with Gasteiger partial charge >= 0.3 is 5.97 Å². The highest BCUT2D eigenvalue weighted by Gasteiger charge is 2.28. The highest BCUT2D eigenvalue weighted by molar-refractivity contribution is 6.01. The number of carbonyl (C=O) groups is 2. The maximum atomic E-state index is 12.7. The van der Waals surface area contributed by atoms with Crippen molar-refractivity contribution in [2.75, 3.05) is 5.73 Å². The number of anilines is 1. The van der Waals surface area contributed by atoms with Gasteiger partial charge in [0.05, 0.1) is 5.92 Å². The number of hydrogen-bond acceptors (Lipinski definition) is 7. The molecule has 0 radical (unpaired) electrons. The monoisotopic (exact) mass is 364 g/mol. The quantitative estimate of drug-likeness (QED) is 0.534. The Labute approximate surface area is 154 Å². The van der Waals surface area contributed by atoms with Crippen LogP contribution < -0.4 is 16.2 Å². The number of rotatable bonds is 4. The maximum Gasteiger partial charge on any atom is 0.351 e. The van der Waals surface area contributed by atoms with Gasteiger partial charge in [0, 0.05) is 18.0 Å². The Balaban J connectivity index is 1.61. The summed E-state index contributed by atoms with van der Waals surface area (Å²) in [5.41, 5.74) is 14.0. The number of pyridine rings is 1. The minimum absolute atomic E-state index is 0.0525. The number of nitrogens with zero attached hydrogens (tertiary/aromatic N) is 2. The molecule has 3 aromatic rings. The summed E-state index contributed by atoms with van der Waals surface area (Å²) < 4.78 is 10.5. The molecule has 136 valence electrons. The number of benzene rings is 1. The zero-order chi connectivity index (χ0) is 19.0. The van der Waals surface area contributed by atoms with E-state index in [0.29, 0.717) is 24.2 Å². The van der Waals surface area contributed by atoms with E-state index in [1.54, 1.807) is 42.7 Å². The summed E-state index contributed by atoms with van der Waals surface area (Å²) in [5.74, 6) is -1.09. The van der Waals surface area contributed by atoms with Crippen LogP contribution in [-0.2, 0) is 11.2 Å². The predicted octanol–water partition coefficient (Wildman–Crippen LogP) is 2.05. The smallest absolute Gasteiger partial charge is 0.351 e. The van der Waals surface area contributed by atoms with Crippen molar-refractivity contribution in [2.24, 2.45) is 5.73 Å². The first kappa shape index (κ1) is 16.8. The van der Waals surface area contributed by atoms with E-state index in [0.717, 1.165) is 11.1 Å². The molecule has 2 heterocycles. The van der Waals surface area contributed by atoms with Crippen LogP contribution in [0.3, 0.4) is 0 Å². The fourth-order valence-electron chi connectivity index (χ4n) is 3.32. The molecule has 0 fully saturated rings. The Hall–Kier alpha value is -3.68. The first-order valence-electron chi connectivity index (χ1n) is 8.34. The van der Waals surface area contributed by atoms with Gasteiger partial charge in [0.25, 0.3) is 0 Å². The van der Waals surface area contributed by atoms with Gasteiger partial charge in [0.1, 0.15) is 11.4 Å². The highest BCUT2D eigenvalue weighted by atomic mass is 16.5. The Kier molecular flexibility index (Phi) is 4.08. The number of amides is 1. The number of aromatic nitrogens is 2. The van der Waals surface area contributed by atoms with Crippen LogP contribution in [0, 0.1) is 0 Å². The van der Waals surface area contributed by atoms with Crippen LogP contribution in [0.4, 0.5) is 5.88 Å². The number of ether oxygens (including phenoxy) is 1. The largest absolute Gasteiger partial charge is 0.423 e. The SMILES string of the molecule is NC(=O)C1CCc2cc(OC(=O)c3c(-c4ccncc4)noc3N)ccc21. The molecular formula is C19H16N4O4. The van der Waals surface area contributed by atoms with E-state index in [1.807, 2.05) is 0 Å². The van der Waals surface area contributed by atoms with Gasteiger partial charge in [-0.15, -0.1) is 0 Å². The third-order valence-electron chi connectivity index (χ3n) is 4.62. The molecule has 1 aliphatic carbocycles. The zero-order valence-corrected chi connectivity index (χ0v) is 14.2. The van der Waals surface area contributed by atoms with Gasteiger partial charge in [-0.3, -0.25) is 9.78 Å². The number of fused-ring (bicyclic) bond motifs is 1. The van der Waals surface area contributed by atoms with Crippen molar-refractivity contribution in [3.63, 3.8) is 0 Å². The average Bonchev–Trinajstić information content (AvgIpc) is 3.25. The fourth-order valence-corrected chi connectivity index (χ4v) is 3.32. The number of aryl methyl sites for hydroxylation is 1. The number of hydrogen-bond donors (Lipinski definition) is 2. The van der Waals surface area contributed by atoms with Crippen molar-refractivity contribution >= 4 is 17.8 Å². The summed E-state index contributed by atoms with van der Waals surface area (Å²) in [4.78, 5) is 28.1. The molecule has 1 unspecified atom stereocenters. The second kappa shape index (κ2) is 6.56. The van der Waals surface area contributed by atoms with E-state index < -0.39 is 5.97 Å². The third-order valence-corrected chi connectivity index (χ3v) is 4.62.